The lowest BCUT2D eigenvalue weighted by molar-refractivity contribution is -0.107. The van der Waals surface area contributed by atoms with Crippen molar-refractivity contribution in [3.8, 4) is 5.75 Å². The summed E-state index contributed by atoms with van der Waals surface area (Å²) in [4.78, 5) is 10.1. The molecule has 0 N–H and O–H groups in total. The van der Waals surface area contributed by atoms with Crippen LogP contribution in [0.15, 0.2) is 18.2 Å². The minimum absolute atomic E-state index is 0.567. The standard InChI is InChI=1S/C12H14Cl2O2/c13-10-5-6-11(14)12(9-10)16-8-4-2-1-3-7-15/h5-7,9H,1-4,8H2. The van der Waals surface area contributed by atoms with E-state index in [1.807, 2.05) is 0 Å². The normalized spacial score (nSPS) is 10.1. The van der Waals surface area contributed by atoms with Crippen molar-refractivity contribution in [1.29, 1.82) is 0 Å². The highest BCUT2D eigenvalue weighted by Crippen LogP contribution is 2.27. The Morgan fingerprint density at radius 2 is 2.00 bits per heavy atom. The van der Waals surface area contributed by atoms with Gasteiger partial charge in [-0.05, 0) is 31.4 Å². The number of hydrogen-bond donors (Lipinski definition) is 0. The molecule has 1 aromatic rings. The van der Waals surface area contributed by atoms with Crippen LogP contribution in [0.25, 0.3) is 0 Å². The molecule has 0 aromatic heterocycles. The average Bonchev–Trinajstić information content (AvgIpc) is 2.28. The first-order valence-electron chi connectivity index (χ1n) is 5.25. The van der Waals surface area contributed by atoms with Crippen molar-refractivity contribution in [1.82, 2.24) is 0 Å². The van der Waals surface area contributed by atoms with E-state index in [4.69, 9.17) is 27.9 Å². The maximum atomic E-state index is 10.1. The molecular formula is C12H14Cl2O2. The molecule has 0 heterocycles. The van der Waals surface area contributed by atoms with Gasteiger partial charge in [-0.3, -0.25) is 0 Å². The Morgan fingerprint density at radius 1 is 1.19 bits per heavy atom. The van der Waals surface area contributed by atoms with Crippen molar-refractivity contribution in [2.45, 2.75) is 25.7 Å². The summed E-state index contributed by atoms with van der Waals surface area (Å²) in [5.41, 5.74) is 0. The first kappa shape index (κ1) is 13.3. The fourth-order valence-corrected chi connectivity index (χ4v) is 1.61. The van der Waals surface area contributed by atoms with Crippen molar-refractivity contribution < 1.29 is 9.53 Å². The van der Waals surface area contributed by atoms with Crippen molar-refractivity contribution in [2.75, 3.05) is 6.61 Å². The van der Waals surface area contributed by atoms with Crippen molar-refractivity contribution in [2.24, 2.45) is 0 Å². The number of carbonyl (C=O) groups is 1. The summed E-state index contributed by atoms with van der Waals surface area (Å²) >= 11 is 11.7. The Hall–Kier alpha value is -0.730. The van der Waals surface area contributed by atoms with E-state index in [-0.39, 0.29) is 0 Å². The van der Waals surface area contributed by atoms with Gasteiger partial charge < -0.3 is 9.53 Å². The van der Waals surface area contributed by atoms with Gasteiger partial charge in [0.25, 0.3) is 0 Å². The van der Waals surface area contributed by atoms with Gasteiger partial charge in [-0.1, -0.05) is 23.2 Å². The molecule has 0 atom stereocenters. The number of benzene rings is 1. The summed E-state index contributed by atoms with van der Waals surface area (Å²) in [6.45, 7) is 0.596. The Labute approximate surface area is 106 Å². The molecule has 0 aliphatic rings. The smallest absolute Gasteiger partial charge is 0.139 e. The molecule has 0 radical (unpaired) electrons. The van der Waals surface area contributed by atoms with Gasteiger partial charge in [-0.15, -0.1) is 0 Å². The van der Waals surface area contributed by atoms with E-state index in [1.165, 1.54) is 0 Å². The molecule has 2 nitrogen and oxygen atoms in total. The molecule has 1 rings (SSSR count). The second-order valence-corrected chi connectivity index (χ2v) is 4.28. The zero-order chi connectivity index (χ0) is 11.8. The van der Waals surface area contributed by atoms with Crippen LogP contribution in [0, 0.1) is 0 Å². The van der Waals surface area contributed by atoms with E-state index in [0.717, 1.165) is 25.5 Å². The van der Waals surface area contributed by atoms with Gasteiger partial charge >= 0.3 is 0 Å². The number of unbranched alkanes of at least 4 members (excludes halogenated alkanes) is 3. The summed E-state index contributed by atoms with van der Waals surface area (Å²) in [6.07, 6.45) is 4.37. The molecule has 0 aliphatic carbocycles. The number of aldehydes is 1. The SMILES string of the molecule is O=CCCCCCOc1cc(Cl)ccc1Cl. The van der Waals surface area contributed by atoms with Crippen LogP contribution in [0.2, 0.25) is 10.0 Å². The molecule has 88 valence electrons. The van der Waals surface area contributed by atoms with Gasteiger partial charge in [0.2, 0.25) is 0 Å². The van der Waals surface area contributed by atoms with Crippen molar-refractivity contribution in [3.05, 3.63) is 28.2 Å². The van der Waals surface area contributed by atoms with Gasteiger partial charge in [0.1, 0.15) is 12.0 Å². The summed E-state index contributed by atoms with van der Waals surface area (Å²) in [6, 6.07) is 5.14. The summed E-state index contributed by atoms with van der Waals surface area (Å²) in [7, 11) is 0. The van der Waals surface area contributed by atoms with E-state index in [1.54, 1.807) is 18.2 Å². The van der Waals surface area contributed by atoms with Crippen LogP contribution in [0.5, 0.6) is 5.75 Å². The van der Waals surface area contributed by atoms with Crippen LogP contribution in [0.1, 0.15) is 25.7 Å². The highest BCUT2D eigenvalue weighted by molar-refractivity contribution is 6.34. The minimum atomic E-state index is 0.567. The highest BCUT2D eigenvalue weighted by atomic mass is 35.5. The second-order valence-electron chi connectivity index (χ2n) is 3.44. The lowest BCUT2D eigenvalue weighted by Crippen LogP contribution is -1.97. The van der Waals surface area contributed by atoms with E-state index in [2.05, 4.69) is 0 Å². The van der Waals surface area contributed by atoms with Crippen molar-refractivity contribution in [3.63, 3.8) is 0 Å². The molecular weight excluding hydrogens is 247 g/mol. The molecule has 0 amide bonds. The Balaban J connectivity index is 2.26. The quantitative estimate of drug-likeness (QED) is 0.544. The monoisotopic (exact) mass is 260 g/mol. The lowest BCUT2D eigenvalue weighted by Gasteiger charge is -2.07. The maximum absolute atomic E-state index is 10.1. The Kier molecular flexibility index (Phi) is 6.27. The molecule has 0 unspecified atom stereocenters. The Morgan fingerprint density at radius 3 is 2.75 bits per heavy atom. The van der Waals surface area contributed by atoms with Crippen LogP contribution >= 0.6 is 23.2 Å². The molecule has 0 fully saturated rings. The van der Waals surface area contributed by atoms with Gasteiger partial charge in [-0.25, -0.2) is 0 Å². The summed E-state index contributed by atoms with van der Waals surface area (Å²) in [5.74, 6) is 0.615. The molecule has 0 bridgehead atoms. The van der Waals surface area contributed by atoms with Gasteiger partial charge in [0, 0.05) is 17.5 Å². The topological polar surface area (TPSA) is 26.3 Å². The van der Waals surface area contributed by atoms with Crippen LogP contribution < -0.4 is 4.74 Å². The zero-order valence-corrected chi connectivity index (χ0v) is 10.4. The summed E-state index contributed by atoms with van der Waals surface area (Å²) < 4.78 is 5.49. The minimum Gasteiger partial charge on any atom is -0.492 e. The predicted molar refractivity (Wildman–Crippen MR) is 66.5 cm³/mol. The fraction of sp³-hybridized carbons (Fsp3) is 0.417. The van der Waals surface area contributed by atoms with Gasteiger partial charge in [-0.2, -0.15) is 0 Å². The molecule has 0 aliphatic heterocycles. The third-order valence-electron chi connectivity index (χ3n) is 2.12. The third kappa shape index (κ3) is 4.86. The molecule has 4 heteroatoms. The molecule has 16 heavy (non-hydrogen) atoms. The Bertz CT molecular complexity index is 340. The number of rotatable bonds is 7. The molecule has 0 saturated heterocycles. The van der Waals surface area contributed by atoms with Crippen LogP contribution in [-0.2, 0) is 4.79 Å². The van der Waals surface area contributed by atoms with Crippen LogP contribution in [0.4, 0.5) is 0 Å². The van der Waals surface area contributed by atoms with Crippen LogP contribution in [0.3, 0.4) is 0 Å². The number of ether oxygens (including phenoxy) is 1. The van der Waals surface area contributed by atoms with E-state index in [9.17, 15) is 4.79 Å². The largest absolute Gasteiger partial charge is 0.492 e. The zero-order valence-electron chi connectivity index (χ0n) is 8.92. The van der Waals surface area contributed by atoms with Gasteiger partial charge in [0.15, 0.2) is 0 Å². The van der Waals surface area contributed by atoms with Gasteiger partial charge in [0.05, 0.1) is 11.6 Å². The molecule has 0 saturated carbocycles. The molecule has 1 aromatic carbocycles. The van der Waals surface area contributed by atoms with Crippen LogP contribution in [-0.4, -0.2) is 12.9 Å². The highest BCUT2D eigenvalue weighted by Gasteiger charge is 2.01. The average molecular weight is 261 g/mol. The molecule has 0 spiro atoms. The number of halogens is 2. The van der Waals surface area contributed by atoms with E-state index in [0.29, 0.717) is 28.8 Å². The predicted octanol–water partition coefficient (Wildman–Crippen LogP) is 4.13. The van der Waals surface area contributed by atoms with E-state index >= 15 is 0 Å². The summed E-state index contributed by atoms with van der Waals surface area (Å²) in [5, 5.41) is 1.18. The first-order valence-corrected chi connectivity index (χ1v) is 6.01. The lowest BCUT2D eigenvalue weighted by atomic mass is 10.2. The number of hydrogen-bond acceptors (Lipinski definition) is 2. The second kappa shape index (κ2) is 7.53. The maximum Gasteiger partial charge on any atom is 0.139 e. The first-order chi connectivity index (χ1) is 7.74. The van der Waals surface area contributed by atoms with E-state index < -0.39 is 0 Å². The number of carbonyl (C=O) groups excluding carboxylic acids is 1. The fourth-order valence-electron chi connectivity index (χ4n) is 1.28. The van der Waals surface area contributed by atoms with Crippen molar-refractivity contribution >= 4 is 29.5 Å². The third-order valence-corrected chi connectivity index (χ3v) is 2.66.